The third kappa shape index (κ3) is 3.35. The van der Waals surface area contributed by atoms with Crippen molar-refractivity contribution in [1.82, 2.24) is 10.3 Å². The molecule has 1 heterocycles. The number of pyridine rings is 1. The van der Waals surface area contributed by atoms with Crippen molar-refractivity contribution in [1.29, 1.82) is 0 Å². The van der Waals surface area contributed by atoms with Crippen LogP contribution in [-0.4, -0.2) is 26.8 Å². The topological polar surface area (TPSA) is 85.6 Å². The molecule has 0 aliphatic rings. The maximum atomic E-state index is 9.63. The van der Waals surface area contributed by atoms with Gasteiger partial charge >= 0.3 is 0 Å². The number of phenols is 3. The van der Waals surface area contributed by atoms with Crippen LogP contribution < -0.4 is 5.32 Å². The average molecular weight is 260 g/mol. The molecule has 5 nitrogen and oxygen atoms in total. The van der Waals surface area contributed by atoms with Gasteiger partial charge in [0.25, 0.3) is 0 Å². The van der Waals surface area contributed by atoms with Crippen LogP contribution in [0.25, 0.3) is 0 Å². The number of nitrogens with zero attached hydrogens (tertiary/aromatic N) is 1. The summed E-state index contributed by atoms with van der Waals surface area (Å²) in [5, 5.41) is 31.4. The van der Waals surface area contributed by atoms with E-state index in [0.29, 0.717) is 12.1 Å². The van der Waals surface area contributed by atoms with Crippen molar-refractivity contribution >= 4 is 0 Å². The van der Waals surface area contributed by atoms with Gasteiger partial charge in [0.05, 0.1) is 0 Å². The van der Waals surface area contributed by atoms with Crippen molar-refractivity contribution < 1.29 is 15.3 Å². The average Bonchev–Trinajstić information content (AvgIpc) is 2.44. The smallest absolute Gasteiger partial charge is 0.200 e. The Labute approximate surface area is 111 Å². The molecule has 0 aliphatic heterocycles. The number of rotatable bonds is 5. The van der Waals surface area contributed by atoms with Crippen LogP contribution in [0.5, 0.6) is 17.2 Å². The number of hydrogen-bond donors (Lipinski definition) is 4. The van der Waals surface area contributed by atoms with Crippen molar-refractivity contribution in [3.63, 3.8) is 0 Å². The van der Waals surface area contributed by atoms with Crippen molar-refractivity contribution in [2.75, 3.05) is 6.54 Å². The molecule has 0 amide bonds. The lowest BCUT2D eigenvalue weighted by molar-refractivity contribution is 0.364. The van der Waals surface area contributed by atoms with Crippen molar-refractivity contribution in [2.24, 2.45) is 0 Å². The summed E-state index contributed by atoms with van der Waals surface area (Å²) in [6.07, 6.45) is 4.37. The summed E-state index contributed by atoms with van der Waals surface area (Å²) in [6.45, 7) is 1.15. The Bertz CT molecular complexity index is 544. The van der Waals surface area contributed by atoms with Gasteiger partial charge in [-0.3, -0.25) is 4.98 Å². The lowest BCUT2D eigenvalue weighted by Crippen LogP contribution is -2.16. The summed E-state index contributed by atoms with van der Waals surface area (Å²) in [6, 6.07) is 6.81. The van der Waals surface area contributed by atoms with Crippen LogP contribution in [0.15, 0.2) is 36.7 Å². The maximum absolute atomic E-state index is 9.63. The van der Waals surface area contributed by atoms with Crippen molar-refractivity contribution in [3.8, 4) is 17.2 Å². The fraction of sp³-hybridized carbons (Fsp3) is 0.214. The highest BCUT2D eigenvalue weighted by Crippen LogP contribution is 2.36. The summed E-state index contributed by atoms with van der Waals surface area (Å²) in [4.78, 5) is 4.03. The molecule has 5 heteroatoms. The lowest BCUT2D eigenvalue weighted by Gasteiger charge is -2.09. The molecule has 2 rings (SSSR count). The largest absolute Gasteiger partial charge is 0.504 e. The predicted molar refractivity (Wildman–Crippen MR) is 71.1 cm³/mol. The molecule has 0 saturated carbocycles. The molecule has 0 fully saturated rings. The van der Waals surface area contributed by atoms with Crippen LogP contribution in [0.2, 0.25) is 0 Å². The fourth-order valence-corrected chi connectivity index (χ4v) is 1.76. The first-order valence-corrected chi connectivity index (χ1v) is 6.01. The molecule has 0 aliphatic carbocycles. The molecule has 2 aromatic rings. The molecule has 19 heavy (non-hydrogen) atoms. The minimum absolute atomic E-state index is 0.283. The quantitative estimate of drug-likeness (QED) is 0.484. The number of aromatic hydroxyl groups is 3. The van der Waals surface area contributed by atoms with E-state index in [1.165, 1.54) is 6.07 Å². The minimum Gasteiger partial charge on any atom is -0.504 e. The zero-order valence-electron chi connectivity index (χ0n) is 10.4. The Morgan fingerprint density at radius 3 is 2.63 bits per heavy atom. The molecule has 0 saturated heterocycles. The van der Waals surface area contributed by atoms with Crippen LogP contribution in [0.1, 0.15) is 11.1 Å². The van der Waals surface area contributed by atoms with Gasteiger partial charge in [0.2, 0.25) is 5.75 Å². The Kier molecular flexibility index (Phi) is 4.20. The van der Waals surface area contributed by atoms with Crippen LogP contribution in [0.4, 0.5) is 0 Å². The summed E-state index contributed by atoms with van der Waals surface area (Å²) in [5.74, 6) is -1.09. The Hall–Kier alpha value is -2.27. The molecule has 1 aromatic heterocycles. The van der Waals surface area contributed by atoms with Crippen LogP contribution in [0, 0.1) is 0 Å². The molecule has 0 bridgehead atoms. The maximum Gasteiger partial charge on any atom is 0.200 e. The highest BCUT2D eigenvalue weighted by molar-refractivity contribution is 5.52. The normalized spacial score (nSPS) is 10.5. The SMILES string of the molecule is Oc1ccc(CNCCc2cccnc2)c(O)c1O. The number of phenolic OH excluding ortho intramolecular Hbond substituents is 3. The van der Waals surface area contributed by atoms with Gasteiger partial charge in [-0.15, -0.1) is 0 Å². The van der Waals surface area contributed by atoms with E-state index in [2.05, 4.69) is 10.3 Å². The fourth-order valence-electron chi connectivity index (χ4n) is 1.76. The minimum atomic E-state index is -0.480. The second kappa shape index (κ2) is 6.06. The summed E-state index contributed by atoms with van der Waals surface area (Å²) in [5.41, 5.74) is 1.68. The van der Waals surface area contributed by atoms with E-state index in [1.54, 1.807) is 12.3 Å². The Morgan fingerprint density at radius 2 is 1.89 bits per heavy atom. The number of nitrogens with one attached hydrogen (secondary N) is 1. The van der Waals surface area contributed by atoms with Gasteiger partial charge in [-0.1, -0.05) is 12.1 Å². The van der Waals surface area contributed by atoms with Gasteiger partial charge in [0.1, 0.15) is 0 Å². The van der Waals surface area contributed by atoms with Gasteiger partial charge < -0.3 is 20.6 Å². The second-order valence-electron chi connectivity index (χ2n) is 4.23. The molecule has 4 N–H and O–H groups in total. The van der Waals surface area contributed by atoms with E-state index in [9.17, 15) is 15.3 Å². The Morgan fingerprint density at radius 1 is 1.05 bits per heavy atom. The zero-order chi connectivity index (χ0) is 13.7. The molecule has 1 aromatic carbocycles. The van der Waals surface area contributed by atoms with E-state index in [-0.39, 0.29) is 11.5 Å². The van der Waals surface area contributed by atoms with Gasteiger partial charge in [0, 0.05) is 24.5 Å². The Balaban J connectivity index is 1.85. The van der Waals surface area contributed by atoms with Crippen LogP contribution in [-0.2, 0) is 13.0 Å². The van der Waals surface area contributed by atoms with E-state index in [0.717, 1.165) is 18.5 Å². The van der Waals surface area contributed by atoms with E-state index in [1.807, 2.05) is 18.3 Å². The lowest BCUT2D eigenvalue weighted by atomic mass is 10.1. The summed E-state index contributed by atoms with van der Waals surface area (Å²) >= 11 is 0. The molecule has 100 valence electrons. The van der Waals surface area contributed by atoms with E-state index in [4.69, 9.17) is 0 Å². The summed E-state index contributed by atoms with van der Waals surface area (Å²) < 4.78 is 0. The highest BCUT2D eigenvalue weighted by atomic mass is 16.3. The third-order valence-corrected chi connectivity index (χ3v) is 2.84. The highest BCUT2D eigenvalue weighted by Gasteiger charge is 2.10. The second-order valence-corrected chi connectivity index (χ2v) is 4.23. The van der Waals surface area contributed by atoms with Gasteiger partial charge in [-0.05, 0) is 30.7 Å². The van der Waals surface area contributed by atoms with Gasteiger partial charge in [-0.2, -0.15) is 0 Å². The molecule has 0 atom stereocenters. The van der Waals surface area contributed by atoms with Gasteiger partial charge in [0.15, 0.2) is 11.5 Å². The third-order valence-electron chi connectivity index (χ3n) is 2.84. The number of hydrogen-bond acceptors (Lipinski definition) is 5. The van der Waals surface area contributed by atoms with E-state index < -0.39 is 5.75 Å². The first-order valence-electron chi connectivity index (χ1n) is 6.01. The monoisotopic (exact) mass is 260 g/mol. The zero-order valence-corrected chi connectivity index (χ0v) is 10.4. The standard InChI is InChI=1S/C14H16N2O3/c17-12-4-3-11(13(18)14(12)19)9-16-7-5-10-2-1-6-15-8-10/h1-4,6,8,16-19H,5,7,9H2. The van der Waals surface area contributed by atoms with Crippen molar-refractivity contribution in [2.45, 2.75) is 13.0 Å². The first kappa shape index (κ1) is 13.2. The molecule has 0 unspecified atom stereocenters. The molecular formula is C14H16N2O3. The molecular weight excluding hydrogens is 244 g/mol. The van der Waals surface area contributed by atoms with Crippen LogP contribution in [0.3, 0.4) is 0 Å². The number of benzene rings is 1. The summed E-state index contributed by atoms with van der Waals surface area (Å²) in [7, 11) is 0. The molecule has 0 radical (unpaired) electrons. The molecule has 0 spiro atoms. The number of aromatic nitrogens is 1. The first-order chi connectivity index (χ1) is 9.18. The van der Waals surface area contributed by atoms with Crippen molar-refractivity contribution in [3.05, 3.63) is 47.8 Å². The van der Waals surface area contributed by atoms with Crippen LogP contribution >= 0.6 is 0 Å². The van der Waals surface area contributed by atoms with E-state index >= 15 is 0 Å². The predicted octanol–water partition coefficient (Wildman–Crippen LogP) is 1.53. The van der Waals surface area contributed by atoms with Gasteiger partial charge in [-0.25, -0.2) is 0 Å².